The summed E-state index contributed by atoms with van der Waals surface area (Å²) in [7, 11) is 0. The molecule has 2 heterocycles. The Hall–Kier alpha value is -0.640. The molecule has 0 saturated heterocycles. The molecule has 0 aliphatic carbocycles. The summed E-state index contributed by atoms with van der Waals surface area (Å²) in [6.45, 7) is 3.27. The van der Waals surface area contributed by atoms with Crippen LogP contribution in [0.5, 0.6) is 0 Å². The van der Waals surface area contributed by atoms with Crippen molar-refractivity contribution in [3.05, 3.63) is 44.8 Å². The Morgan fingerprint density at radius 1 is 1.13 bits per heavy atom. The Kier molecular flexibility index (Phi) is 3.94. The first-order valence-corrected chi connectivity index (χ1v) is 6.98. The second-order valence-corrected chi connectivity index (χ2v) is 5.38. The number of thiophene rings is 2. The molecule has 0 aliphatic rings. The Morgan fingerprint density at radius 2 is 1.73 bits per heavy atom. The Labute approximate surface area is 98.8 Å². The molecule has 0 radical (unpaired) electrons. The molecule has 0 aromatic carbocycles. The molecule has 0 amide bonds. The lowest BCUT2D eigenvalue weighted by Gasteiger charge is -2.15. The van der Waals surface area contributed by atoms with Gasteiger partial charge < -0.3 is 5.32 Å². The van der Waals surface area contributed by atoms with E-state index >= 15 is 0 Å². The van der Waals surface area contributed by atoms with E-state index in [9.17, 15) is 0 Å². The molecule has 0 bridgehead atoms. The summed E-state index contributed by atoms with van der Waals surface area (Å²) < 4.78 is 0. The predicted octanol–water partition coefficient (Wildman–Crippen LogP) is 3.90. The van der Waals surface area contributed by atoms with E-state index in [0.29, 0.717) is 6.04 Å². The molecule has 2 aromatic rings. The van der Waals surface area contributed by atoms with E-state index in [1.165, 1.54) is 16.2 Å². The lowest BCUT2D eigenvalue weighted by molar-refractivity contribution is 0.613. The van der Waals surface area contributed by atoms with Gasteiger partial charge in [-0.1, -0.05) is 19.1 Å². The van der Waals surface area contributed by atoms with Crippen molar-refractivity contribution in [1.29, 1.82) is 0 Å². The number of hydrogen-bond acceptors (Lipinski definition) is 3. The summed E-state index contributed by atoms with van der Waals surface area (Å²) in [4.78, 5) is 2.82. The Balaban J connectivity index is 2.17. The SMILES string of the molecule is CCCNC(c1cccs1)c1cccs1. The minimum absolute atomic E-state index is 0.393. The number of hydrogen-bond donors (Lipinski definition) is 1. The van der Waals surface area contributed by atoms with Crippen LogP contribution in [0.25, 0.3) is 0 Å². The van der Waals surface area contributed by atoms with Crippen molar-refractivity contribution in [2.45, 2.75) is 19.4 Å². The quantitative estimate of drug-likeness (QED) is 0.831. The maximum atomic E-state index is 3.60. The van der Waals surface area contributed by atoms with Gasteiger partial charge in [0.15, 0.2) is 0 Å². The Bertz CT molecular complexity index is 330. The van der Waals surface area contributed by atoms with Gasteiger partial charge in [-0.05, 0) is 35.9 Å². The van der Waals surface area contributed by atoms with Gasteiger partial charge in [0.2, 0.25) is 0 Å². The van der Waals surface area contributed by atoms with Gasteiger partial charge in [0.1, 0.15) is 0 Å². The molecule has 0 saturated carbocycles. The average molecular weight is 237 g/mol. The van der Waals surface area contributed by atoms with Gasteiger partial charge in [-0.3, -0.25) is 0 Å². The van der Waals surface area contributed by atoms with Crippen LogP contribution >= 0.6 is 22.7 Å². The molecule has 2 rings (SSSR count). The van der Waals surface area contributed by atoms with Gasteiger partial charge in [0.25, 0.3) is 0 Å². The van der Waals surface area contributed by atoms with Crippen LogP contribution in [-0.4, -0.2) is 6.54 Å². The van der Waals surface area contributed by atoms with Crippen LogP contribution in [0.15, 0.2) is 35.0 Å². The van der Waals surface area contributed by atoms with E-state index in [0.717, 1.165) is 6.54 Å². The molecule has 3 heteroatoms. The standard InChI is InChI=1S/C12H15NS2/c1-2-7-13-12(10-5-3-8-14-10)11-6-4-9-15-11/h3-6,8-9,12-13H,2,7H2,1H3. The zero-order valence-electron chi connectivity index (χ0n) is 8.77. The highest BCUT2D eigenvalue weighted by Gasteiger charge is 2.14. The van der Waals surface area contributed by atoms with Gasteiger partial charge in [-0.15, -0.1) is 22.7 Å². The van der Waals surface area contributed by atoms with Gasteiger partial charge in [0, 0.05) is 9.75 Å². The third kappa shape index (κ3) is 2.68. The van der Waals surface area contributed by atoms with Crippen LogP contribution in [0.4, 0.5) is 0 Å². The average Bonchev–Trinajstić information content (AvgIpc) is 2.90. The molecule has 0 atom stereocenters. The Morgan fingerprint density at radius 3 is 2.13 bits per heavy atom. The third-order valence-electron chi connectivity index (χ3n) is 2.25. The van der Waals surface area contributed by atoms with E-state index in [1.54, 1.807) is 0 Å². The van der Waals surface area contributed by atoms with Crippen molar-refractivity contribution in [3.63, 3.8) is 0 Å². The van der Waals surface area contributed by atoms with Crippen molar-refractivity contribution in [2.75, 3.05) is 6.54 Å². The predicted molar refractivity (Wildman–Crippen MR) is 68.8 cm³/mol. The lowest BCUT2D eigenvalue weighted by atomic mass is 10.2. The molecule has 1 N–H and O–H groups in total. The summed E-state index contributed by atoms with van der Waals surface area (Å²) in [6, 6.07) is 9.04. The van der Waals surface area contributed by atoms with Gasteiger partial charge in [0.05, 0.1) is 6.04 Å². The third-order valence-corrected chi connectivity index (χ3v) is 4.13. The highest BCUT2D eigenvalue weighted by atomic mass is 32.1. The fourth-order valence-corrected chi connectivity index (χ4v) is 3.25. The smallest absolute Gasteiger partial charge is 0.0764 e. The fourth-order valence-electron chi connectivity index (χ4n) is 1.54. The van der Waals surface area contributed by atoms with Crippen LogP contribution < -0.4 is 5.32 Å². The van der Waals surface area contributed by atoms with Crippen LogP contribution in [0.3, 0.4) is 0 Å². The topological polar surface area (TPSA) is 12.0 Å². The molecule has 0 aliphatic heterocycles. The first kappa shape index (κ1) is 10.9. The van der Waals surface area contributed by atoms with E-state index in [-0.39, 0.29) is 0 Å². The highest BCUT2D eigenvalue weighted by Crippen LogP contribution is 2.28. The summed E-state index contributed by atoms with van der Waals surface area (Å²) in [5.74, 6) is 0. The minimum atomic E-state index is 0.393. The second kappa shape index (κ2) is 5.45. The highest BCUT2D eigenvalue weighted by molar-refractivity contribution is 7.11. The largest absolute Gasteiger partial charge is 0.305 e. The van der Waals surface area contributed by atoms with Crippen LogP contribution in [0.2, 0.25) is 0 Å². The van der Waals surface area contributed by atoms with Crippen LogP contribution in [-0.2, 0) is 0 Å². The summed E-state index contributed by atoms with van der Waals surface area (Å²) in [5, 5.41) is 7.88. The van der Waals surface area contributed by atoms with Crippen LogP contribution in [0, 0.1) is 0 Å². The van der Waals surface area contributed by atoms with Crippen molar-refractivity contribution in [1.82, 2.24) is 5.32 Å². The first-order chi connectivity index (χ1) is 7.42. The maximum absolute atomic E-state index is 3.60. The minimum Gasteiger partial charge on any atom is -0.305 e. The maximum Gasteiger partial charge on any atom is 0.0764 e. The van der Waals surface area contributed by atoms with Crippen molar-refractivity contribution in [2.24, 2.45) is 0 Å². The van der Waals surface area contributed by atoms with Crippen LogP contribution in [0.1, 0.15) is 29.1 Å². The normalized spacial score (nSPS) is 11.1. The van der Waals surface area contributed by atoms with E-state index < -0.39 is 0 Å². The molecule has 0 spiro atoms. The van der Waals surface area contributed by atoms with Gasteiger partial charge in [-0.2, -0.15) is 0 Å². The fraction of sp³-hybridized carbons (Fsp3) is 0.333. The van der Waals surface area contributed by atoms with Crippen molar-refractivity contribution >= 4 is 22.7 Å². The number of nitrogens with one attached hydrogen (secondary N) is 1. The summed E-state index contributed by atoms with van der Waals surface area (Å²) >= 11 is 3.65. The summed E-state index contributed by atoms with van der Waals surface area (Å²) in [6.07, 6.45) is 1.17. The lowest BCUT2D eigenvalue weighted by Crippen LogP contribution is -2.21. The van der Waals surface area contributed by atoms with Gasteiger partial charge in [-0.25, -0.2) is 0 Å². The number of rotatable bonds is 5. The summed E-state index contributed by atoms with van der Waals surface area (Å²) in [5.41, 5.74) is 0. The monoisotopic (exact) mass is 237 g/mol. The van der Waals surface area contributed by atoms with Crippen molar-refractivity contribution in [3.8, 4) is 0 Å². The van der Waals surface area contributed by atoms with E-state index in [4.69, 9.17) is 0 Å². The molecular weight excluding hydrogens is 222 g/mol. The molecule has 2 aromatic heterocycles. The zero-order valence-corrected chi connectivity index (χ0v) is 10.4. The van der Waals surface area contributed by atoms with Crippen molar-refractivity contribution < 1.29 is 0 Å². The van der Waals surface area contributed by atoms with E-state index in [1.807, 2.05) is 22.7 Å². The molecule has 15 heavy (non-hydrogen) atoms. The first-order valence-electron chi connectivity index (χ1n) is 5.22. The van der Waals surface area contributed by atoms with E-state index in [2.05, 4.69) is 47.3 Å². The molecular formula is C12H15NS2. The molecule has 0 unspecified atom stereocenters. The second-order valence-electron chi connectivity index (χ2n) is 3.42. The zero-order chi connectivity index (χ0) is 10.5. The molecule has 1 nitrogen and oxygen atoms in total. The van der Waals surface area contributed by atoms with Gasteiger partial charge >= 0.3 is 0 Å². The molecule has 0 fully saturated rings. The molecule has 80 valence electrons.